The summed E-state index contributed by atoms with van der Waals surface area (Å²) in [5, 5.41) is 8.90. The Hall–Kier alpha value is -2.37. The second kappa shape index (κ2) is 2.81. The van der Waals surface area contributed by atoms with E-state index in [1.54, 1.807) is 6.07 Å². The van der Waals surface area contributed by atoms with Gasteiger partial charge in [-0.15, -0.1) is 5.10 Å². The number of rotatable bonds is 0. The van der Waals surface area contributed by atoms with Crippen LogP contribution in [0.5, 0.6) is 11.6 Å². The summed E-state index contributed by atoms with van der Waals surface area (Å²) in [4.78, 5) is 14.6. The molecular weight excluding hydrogens is 196 g/mol. The molecule has 0 radical (unpaired) electrons. The maximum atomic E-state index is 10.9. The molecule has 0 saturated carbocycles. The highest BCUT2D eigenvalue weighted by Gasteiger charge is 2.18. The van der Waals surface area contributed by atoms with E-state index in [1.807, 2.05) is 18.2 Å². The number of nitrogens with one attached hydrogen (secondary N) is 2. The standard InChI is InChI=1S/C9H6N4O2/c14-9-11-7-8(12-13-9)15-6-4-2-1-3-5(6)10-7/h1-4H,(H2,10,11,13,14). The topological polar surface area (TPSA) is 79.9 Å². The monoisotopic (exact) mass is 202 g/mol. The maximum absolute atomic E-state index is 10.9. The van der Waals surface area contributed by atoms with Gasteiger partial charge in [-0.2, -0.15) is 4.98 Å². The molecule has 0 bridgehead atoms. The van der Waals surface area contributed by atoms with Gasteiger partial charge in [0.25, 0.3) is 5.88 Å². The molecule has 0 atom stereocenters. The number of hydrogen-bond donors (Lipinski definition) is 2. The number of aromatic amines is 1. The SMILES string of the molecule is O=c1nc2c(n[nH]1)Oc1ccccc1N2. The van der Waals surface area contributed by atoms with E-state index in [0.29, 0.717) is 11.6 Å². The fourth-order valence-electron chi connectivity index (χ4n) is 1.37. The zero-order chi connectivity index (χ0) is 10.3. The van der Waals surface area contributed by atoms with Crippen LogP contribution in [0.15, 0.2) is 29.1 Å². The van der Waals surface area contributed by atoms with Crippen LogP contribution in [0.25, 0.3) is 0 Å². The molecule has 2 N–H and O–H groups in total. The first-order valence-corrected chi connectivity index (χ1v) is 4.33. The normalized spacial score (nSPS) is 12.0. The number of ether oxygens (including phenoxy) is 1. The molecule has 2 heterocycles. The van der Waals surface area contributed by atoms with E-state index in [-0.39, 0.29) is 5.88 Å². The average Bonchev–Trinajstić information content (AvgIpc) is 2.26. The lowest BCUT2D eigenvalue weighted by molar-refractivity contribution is 0.448. The number of anilines is 2. The molecule has 15 heavy (non-hydrogen) atoms. The molecule has 6 heteroatoms. The minimum atomic E-state index is -0.510. The molecule has 1 aromatic carbocycles. The molecule has 0 saturated heterocycles. The zero-order valence-electron chi connectivity index (χ0n) is 7.52. The molecular formula is C9H6N4O2. The second-order valence-corrected chi connectivity index (χ2v) is 3.02. The number of aromatic nitrogens is 3. The van der Waals surface area contributed by atoms with E-state index in [0.717, 1.165) is 5.69 Å². The van der Waals surface area contributed by atoms with Gasteiger partial charge in [-0.25, -0.2) is 9.89 Å². The van der Waals surface area contributed by atoms with Crippen LogP contribution >= 0.6 is 0 Å². The molecule has 0 spiro atoms. The van der Waals surface area contributed by atoms with Crippen molar-refractivity contribution in [1.29, 1.82) is 0 Å². The van der Waals surface area contributed by atoms with Gasteiger partial charge in [0.05, 0.1) is 5.69 Å². The van der Waals surface area contributed by atoms with Gasteiger partial charge in [-0.1, -0.05) is 12.1 Å². The van der Waals surface area contributed by atoms with E-state index >= 15 is 0 Å². The first-order chi connectivity index (χ1) is 7.33. The van der Waals surface area contributed by atoms with Crippen LogP contribution in [0, 0.1) is 0 Å². The summed E-state index contributed by atoms with van der Waals surface area (Å²) in [7, 11) is 0. The van der Waals surface area contributed by atoms with Gasteiger partial charge in [0.1, 0.15) is 0 Å². The summed E-state index contributed by atoms with van der Waals surface area (Å²) in [6, 6.07) is 7.35. The Balaban J connectivity index is 2.15. The van der Waals surface area contributed by atoms with Gasteiger partial charge in [0, 0.05) is 0 Å². The van der Waals surface area contributed by atoms with Gasteiger partial charge in [-0.05, 0) is 12.1 Å². The van der Waals surface area contributed by atoms with Gasteiger partial charge < -0.3 is 10.1 Å². The summed E-state index contributed by atoms with van der Waals surface area (Å²) >= 11 is 0. The summed E-state index contributed by atoms with van der Waals surface area (Å²) < 4.78 is 5.43. The van der Waals surface area contributed by atoms with E-state index in [9.17, 15) is 4.79 Å². The van der Waals surface area contributed by atoms with Crippen molar-refractivity contribution in [3.63, 3.8) is 0 Å². The Kier molecular flexibility index (Phi) is 1.49. The Labute approximate surface area is 83.9 Å². The molecule has 1 aliphatic heterocycles. The fraction of sp³-hybridized carbons (Fsp3) is 0. The Morgan fingerprint density at radius 3 is 3.07 bits per heavy atom. The van der Waals surface area contributed by atoms with Crippen molar-refractivity contribution in [3.05, 3.63) is 34.7 Å². The molecule has 0 fully saturated rings. The quantitative estimate of drug-likeness (QED) is 0.568. The Morgan fingerprint density at radius 2 is 2.13 bits per heavy atom. The van der Waals surface area contributed by atoms with E-state index in [1.165, 1.54) is 0 Å². The highest BCUT2D eigenvalue weighted by atomic mass is 16.5. The first-order valence-electron chi connectivity index (χ1n) is 4.33. The third-order valence-corrected chi connectivity index (χ3v) is 2.02. The van der Waals surface area contributed by atoms with E-state index in [4.69, 9.17) is 4.74 Å². The highest BCUT2D eigenvalue weighted by molar-refractivity contribution is 5.70. The molecule has 74 valence electrons. The first kappa shape index (κ1) is 7.98. The van der Waals surface area contributed by atoms with Crippen LogP contribution < -0.4 is 15.7 Å². The van der Waals surface area contributed by atoms with Gasteiger partial charge >= 0.3 is 5.69 Å². The van der Waals surface area contributed by atoms with Gasteiger partial charge in [-0.3, -0.25) is 0 Å². The third kappa shape index (κ3) is 1.23. The number of hydrogen-bond acceptors (Lipinski definition) is 5. The van der Waals surface area contributed by atoms with Crippen molar-refractivity contribution in [2.45, 2.75) is 0 Å². The summed E-state index contributed by atoms with van der Waals surface area (Å²) in [5.74, 6) is 1.26. The van der Waals surface area contributed by atoms with Crippen molar-refractivity contribution in [2.75, 3.05) is 5.32 Å². The third-order valence-electron chi connectivity index (χ3n) is 2.02. The van der Waals surface area contributed by atoms with Crippen LogP contribution in [0.3, 0.4) is 0 Å². The lowest BCUT2D eigenvalue weighted by atomic mass is 10.2. The molecule has 0 unspecified atom stereocenters. The Bertz CT molecular complexity index is 578. The predicted octanol–water partition coefficient (Wildman–Crippen LogP) is 1.01. The van der Waals surface area contributed by atoms with Gasteiger partial charge in [0.15, 0.2) is 5.75 Å². The fourth-order valence-corrected chi connectivity index (χ4v) is 1.37. The number of benzene rings is 1. The minimum Gasteiger partial charge on any atom is -0.433 e. The number of nitrogens with zero attached hydrogens (tertiary/aromatic N) is 2. The molecule has 2 aromatic rings. The molecule has 3 rings (SSSR count). The summed E-state index contributed by atoms with van der Waals surface area (Å²) in [6.07, 6.45) is 0. The van der Waals surface area contributed by atoms with Crippen LogP contribution in [-0.2, 0) is 0 Å². The lowest BCUT2D eigenvalue weighted by Gasteiger charge is -2.18. The van der Waals surface area contributed by atoms with Crippen molar-refractivity contribution in [3.8, 4) is 11.6 Å². The highest BCUT2D eigenvalue weighted by Crippen LogP contribution is 2.37. The van der Waals surface area contributed by atoms with Crippen molar-refractivity contribution < 1.29 is 4.74 Å². The number of para-hydroxylation sites is 2. The lowest BCUT2D eigenvalue weighted by Crippen LogP contribution is -2.17. The maximum Gasteiger partial charge on any atom is 0.363 e. The van der Waals surface area contributed by atoms with Crippen LogP contribution in [-0.4, -0.2) is 15.2 Å². The van der Waals surface area contributed by atoms with Gasteiger partial charge in [0.2, 0.25) is 5.82 Å². The second-order valence-electron chi connectivity index (χ2n) is 3.02. The molecule has 0 aliphatic carbocycles. The zero-order valence-corrected chi connectivity index (χ0v) is 7.52. The van der Waals surface area contributed by atoms with E-state index < -0.39 is 5.69 Å². The number of H-pyrrole nitrogens is 1. The predicted molar refractivity (Wildman–Crippen MR) is 52.5 cm³/mol. The summed E-state index contributed by atoms with van der Waals surface area (Å²) in [5.41, 5.74) is 0.258. The largest absolute Gasteiger partial charge is 0.433 e. The van der Waals surface area contributed by atoms with Crippen LogP contribution in [0.2, 0.25) is 0 Å². The van der Waals surface area contributed by atoms with E-state index in [2.05, 4.69) is 20.5 Å². The molecule has 1 aromatic heterocycles. The van der Waals surface area contributed by atoms with Crippen molar-refractivity contribution in [2.24, 2.45) is 0 Å². The summed E-state index contributed by atoms with van der Waals surface area (Å²) in [6.45, 7) is 0. The minimum absolute atomic E-state index is 0.272. The average molecular weight is 202 g/mol. The van der Waals surface area contributed by atoms with Crippen molar-refractivity contribution >= 4 is 11.5 Å². The van der Waals surface area contributed by atoms with Crippen LogP contribution in [0.1, 0.15) is 0 Å². The number of fused-ring (bicyclic) bond motifs is 2. The Morgan fingerprint density at radius 1 is 1.27 bits per heavy atom. The molecule has 1 aliphatic rings. The molecule has 0 amide bonds. The van der Waals surface area contributed by atoms with Crippen molar-refractivity contribution in [1.82, 2.24) is 15.2 Å². The van der Waals surface area contributed by atoms with Crippen LogP contribution in [0.4, 0.5) is 11.5 Å². The smallest absolute Gasteiger partial charge is 0.363 e. The molecule has 6 nitrogen and oxygen atoms in total.